The van der Waals surface area contributed by atoms with Crippen LogP contribution >= 0.6 is 15.9 Å². The van der Waals surface area contributed by atoms with Crippen LogP contribution in [0.1, 0.15) is 11.6 Å². The van der Waals surface area contributed by atoms with E-state index in [1.54, 1.807) is 0 Å². The standard InChI is InChI=1S/C15H12BrN5/c16-11-7-5-10(6-8-11)14-9-21-15(18-19-20-21)12-3-1-2-4-13(12)17-14/h1-8,14,17H,9H2. The van der Waals surface area contributed by atoms with E-state index < -0.39 is 0 Å². The smallest absolute Gasteiger partial charge is 0.184 e. The number of tetrazole rings is 1. The molecule has 4 rings (SSSR count). The highest BCUT2D eigenvalue weighted by molar-refractivity contribution is 9.10. The van der Waals surface area contributed by atoms with Crippen molar-refractivity contribution in [3.63, 3.8) is 0 Å². The molecule has 1 unspecified atom stereocenters. The molecule has 0 spiro atoms. The molecule has 5 nitrogen and oxygen atoms in total. The van der Waals surface area contributed by atoms with Crippen LogP contribution < -0.4 is 5.32 Å². The Morgan fingerprint density at radius 3 is 2.76 bits per heavy atom. The molecule has 0 saturated heterocycles. The zero-order valence-corrected chi connectivity index (χ0v) is 12.7. The minimum atomic E-state index is 0.129. The van der Waals surface area contributed by atoms with Crippen LogP contribution in [0.5, 0.6) is 0 Å². The number of rotatable bonds is 1. The topological polar surface area (TPSA) is 55.6 Å². The van der Waals surface area contributed by atoms with Gasteiger partial charge >= 0.3 is 0 Å². The van der Waals surface area contributed by atoms with Crippen molar-refractivity contribution in [2.45, 2.75) is 12.6 Å². The van der Waals surface area contributed by atoms with Gasteiger partial charge in [0, 0.05) is 15.7 Å². The summed E-state index contributed by atoms with van der Waals surface area (Å²) in [6.45, 7) is 0.693. The number of fused-ring (bicyclic) bond motifs is 3. The molecule has 1 aliphatic rings. The Kier molecular flexibility index (Phi) is 2.96. The van der Waals surface area contributed by atoms with E-state index >= 15 is 0 Å². The molecule has 0 amide bonds. The molecule has 0 radical (unpaired) electrons. The van der Waals surface area contributed by atoms with E-state index in [1.807, 2.05) is 35.0 Å². The number of para-hydroxylation sites is 1. The molecule has 1 N–H and O–H groups in total. The van der Waals surface area contributed by atoms with Crippen LogP contribution in [0, 0.1) is 0 Å². The Bertz CT molecular complexity index is 781. The monoisotopic (exact) mass is 341 g/mol. The molecule has 1 atom stereocenters. The zero-order valence-electron chi connectivity index (χ0n) is 11.1. The Balaban J connectivity index is 1.82. The van der Waals surface area contributed by atoms with Gasteiger partial charge in [0.15, 0.2) is 5.82 Å². The largest absolute Gasteiger partial charge is 0.376 e. The Morgan fingerprint density at radius 2 is 1.90 bits per heavy atom. The minimum absolute atomic E-state index is 0.129. The van der Waals surface area contributed by atoms with Gasteiger partial charge in [-0.1, -0.05) is 40.2 Å². The van der Waals surface area contributed by atoms with Crippen molar-refractivity contribution in [2.24, 2.45) is 0 Å². The van der Waals surface area contributed by atoms with Gasteiger partial charge in [-0.25, -0.2) is 4.68 Å². The summed E-state index contributed by atoms with van der Waals surface area (Å²) in [5.41, 5.74) is 3.29. The molecule has 104 valence electrons. The lowest BCUT2D eigenvalue weighted by Gasteiger charge is -2.18. The number of nitrogens with one attached hydrogen (secondary N) is 1. The molecular formula is C15H12BrN5. The quantitative estimate of drug-likeness (QED) is 0.738. The summed E-state index contributed by atoms with van der Waals surface area (Å²) < 4.78 is 2.93. The average Bonchev–Trinajstić information content (AvgIpc) is 2.90. The SMILES string of the molecule is Brc1ccc(C2Cn3nnnc3-c3ccccc3N2)cc1. The maximum atomic E-state index is 4.15. The van der Waals surface area contributed by atoms with Gasteiger partial charge in [-0.15, -0.1) is 5.10 Å². The highest BCUT2D eigenvalue weighted by Gasteiger charge is 2.23. The Morgan fingerprint density at radius 1 is 1.10 bits per heavy atom. The minimum Gasteiger partial charge on any atom is -0.376 e. The van der Waals surface area contributed by atoms with E-state index in [0.717, 1.165) is 21.5 Å². The second-order valence-corrected chi connectivity index (χ2v) is 5.89. The van der Waals surface area contributed by atoms with E-state index in [2.05, 4.69) is 55.0 Å². The second kappa shape index (κ2) is 4.96. The van der Waals surface area contributed by atoms with E-state index in [0.29, 0.717) is 6.54 Å². The highest BCUT2D eigenvalue weighted by atomic mass is 79.9. The van der Waals surface area contributed by atoms with Crippen molar-refractivity contribution >= 4 is 21.6 Å². The molecule has 1 aliphatic heterocycles. The number of nitrogens with zero attached hydrogens (tertiary/aromatic N) is 4. The first-order valence-electron chi connectivity index (χ1n) is 6.69. The predicted octanol–water partition coefficient (Wildman–Crippen LogP) is 3.27. The van der Waals surface area contributed by atoms with E-state index in [-0.39, 0.29) is 6.04 Å². The van der Waals surface area contributed by atoms with Crippen molar-refractivity contribution in [3.05, 3.63) is 58.6 Å². The first-order valence-corrected chi connectivity index (χ1v) is 7.48. The van der Waals surface area contributed by atoms with Gasteiger partial charge in [-0.2, -0.15) is 0 Å². The Hall–Kier alpha value is -2.21. The van der Waals surface area contributed by atoms with Crippen LogP contribution in [0.2, 0.25) is 0 Å². The van der Waals surface area contributed by atoms with Crippen LogP contribution in [0.3, 0.4) is 0 Å². The lowest BCUT2D eigenvalue weighted by molar-refractivity contribution is 0.543. The van der Waals surface area contributed by atoms with Crippen molar-refractivity contribution in [1.29, 1.82) is 0 Å². The third kappa shape index (κ3) is 2.21. The van der Waals surface area contributed by atoms with Crippen LogP contribution in [0.15, 0.2) is 53.0 Å². The predicted molar refractivity (Wildman–Crippen MR) is 83.8 cm³/mol. The molecule has 21 heavy (non-hydrogen) atoms. The summed E-state index contributed by atoms with van der Waals surface area (Å²) in [6.07, 6.45) is 0. The molecule has 0 fully saturated rings. The van der Waals surface area contributed by atoms with Crippen molar-refractivity contribution in [3.8, 4) is 11.4 Å². The van der Waals surface area contributed by atoms with Gasteiger partial charge in [-0.05, 0) is 40.3 Å². The van der Waals surface area contributed by atoms with Crippen molar-refractivity contribution in [1.82, 2.24) is 20.2 Å². The normalized spacial score (nSPS) is 16.5. The lowest BCUT2D eigenvalue weighted by atomic mass is 10.1. The molecule has 3 aromatic rings. The van der Waals surface area contributed by atoms with Gasteiger partial charge in [0.25, 0.3) is 0 Å². The number of aromatic nitrogens is 4. The summed E-state index contributed by atoms with van der Waals surface area (Å²) in [6, 6.07) is 16.6. The summed E-state index contributed by atoms with van der Waals surface area (Å²) in [4.78, 5) is 0. The third-order valence-corrected chi connectivity index (χ3v) is 4.19. The number of hydrogen-bond acceptors (Lipinski definition) is 4. The maximum Gasteiger partial charge on any atom is 0.184 e. The lowest BCUT2D eigenvalue weighted by Crippen LogP contribution is -2.16. The molecule has 6 heteroatoms. The van der Waals surface area contributed by atoms with Gasteiger partial charge in [0.1, 0.15) is 0 Å². The summed E-state index contributed by atoms with van der Waals surface area (Å²) in [5.74, 6) is 0.803. The molecule has 2 aromatic carbocycles. The van der Waals surface area contributed by atoms with Crippen molar-refractivity contribution < 1.29 is 0 Å². The number of hydrogen-bond donors (Lipinski definition) is 1. The van der Waals surface area contributed by atoms with Crippen LogP contribution in [-0.4, -0.2) is 20.2 Å². The molecular weight excluding hydrogens is 330 g/mol. The fraction of sp³-hybridized carbons (Fsp3) is 0.133. The highest BCUT2D eigenvalue weighted by Crippen LogP contribution is 2.33. The Labute approximate surface area is 130 Å². The van der Waals surface area contributed by atoms with E-state index in [4.69, 9.17) is 0 Å². The first-order chi connectivity index (χ1) is 10.3. The van der Waals surface area contributed by atoms with Gasteiger partial charge in [0.2, 0.25) is 0 Å². The van der Waals surface area contributed by atoms with Gasteiger partial charge in [0.05, 0.1) is 12.6 Å². The van der Waals surface area contributed by atoms with E-state index in [1.165, 1.54) is 5.56 Å². The zero-order chi connectivity index (χ0) is 14.2. The average molecular weight is 342 g/mol. The number of halogens is 1. The second-order valence-electron chi connectivity index (χ2n) is 4.98. The van der Waals surface area contributed by atoms with Crippen LogP contribution in [0.4, 0.5) is 5.69 Å². The summed E-state index contributed by atoms with van der Waals surface area (Å²) in [5, 5.41) is 15.7. The number of anilines is 1. The van der Waals surface area contributed by atoms with Crippen LogP contribution in [0.25, 0.3) is 11.4 Å². The van der Waals surface area contributed by atoms with E-state index in [9.17, 15) is 0 Å². The van der Waals surface area contributed by atoms with Gasteiger partial charge in [-0.3, -0.25) is 0 Å². The summed E-state index contributed by atoms with van der Waals surface area (Å²) >= 11 is 3.47. The fourth-order valence-electron chi connectivity index (χ4n) is 2.61. The molecule has 0 aliphatic carbocycles. The maximum absolute atomic E-state index is 4.15. The van der Waals surface area contributed by atoms with Crippen LogP contribution in [-0.2, 0) is 6.54 Å². The summed E-state index contributed by atoms with van der Waals surface area (Å²) in [7, 11) is 0. The third-order valence-electron chi connectivity index (χ3n) is 3.66. The number of benzene rings is 2. The van der Waals surface area contributed by atoms with Crippen molar-refractivity contribution in [2.75, 3.05) is 5.32 Å². The molecule has 0 saturated carbocycles. The van der Waals surface area contributed by atoms with Gasteiger partial charge < -0.3 is 5.32 Å². The molecule has 0 bridgehead atoms. The first kappa shape index (κ1) is 12.5. The molecule has 2 heterocycles. The molecule has 1 aromatic heterocycles. The fourth-order valence-corrected chi connectivity index (χ4v) is 2.88.